The first kappa shape index (κ1) is 11.8. The van der Waals surface area contributed by atoms with Crippen molar-refractivity contribution in [3.05, 3.63) is 0 Å². The summed E-state index contributed by atoms with van der Waals surface area (Å²) >= 11 is 4.41. The largest absolute Gasteiger partial charge is 0.300 e. The second-order valence-electron chi connectivity index (χ2n) is 5.54. The third kappa shape index (κ3) is 2.91. The molecule has 0 amide bonds. The molecule has 1 heterocycles. The molecular weight excluding hydrogens is 202 g/mol. The van der Waals surface area contributed by atoms with Crippen molar-refractivity contribution in [2.45, 2.75) is 51.5 Å². The highest BCUT2D eigenvalue weighted by Gasteiger charge is 2.33. The molecule has 0 radical (unpaired) electrons. The lowest BCUT2D eigenvalue weighted by Crippen LogP contribution is -2.48. The first-order chi connectivity index (χ1) is 7.31. The molecule has 1 saturated carbocycles. The Labute approximate surface area is 100 Å². The van der Waals surface area contributed by atoms with E-state index in [1.807, 2.05) is 0 Å². The van der Waals surface area contributed by atoms with E-state index in [1.54, 1.807) is 0 Å². The average Bonchev–Trinajstić information content (AvgIpc) is 2.29. The van der Waals surface area contributed by atoms with Gasteiger partial charge in [-0.05, 0) is 49.8 Å². The maximum Gasteiger partial charge on any atom is 0.0124 e. The van der Waals surface area contributed by atoms with Crippen molar-refractivity contribution < 1.29 is 0 Å². The summed E-state index contributed by atoms with van der Waals surface area (Å²) in [5, 5.41) is 0. The monoisotopic (exact) mass is 227 g/mol. The van der Waals surface area contributed by atoms with Crippen LogP contribution in [0.2, 0.25) is 0 Å². The molecule has 1 aliphatic heterocycles. The Morgan fingerprint density at radius 2 is 1.93 bits per heavy atom. The summed E-state index contributed by atoms with van der Waals surface area (Å²) in [6.45, 7) is 4.96. The standard InChI is InChI=1S/C13H25NS/c1-11(10-15)9-14-8-4-6-12-5-2-3-7-13(12)14/h11-13,15H,2-10H2,1H3. The summed E-state index contributed by atoms with van der Waals surface area (Å²) in [6, 6.07) is 0.926. The summed E-state index contributed by atoms with van der Waals surface area (Å²) in [5.41, 5.74) is 0. The Bertz CT molecular complexity index is 193. The zero-order chi connectivity index (χ0) is 10.7. The van der Waals surface area contributed by atoms with Gasteiger partial charge in [0.05, 0.1) is 0 Å². The molecule has 2 aliphatic rings. The molecule has 0 aromatic heterocycles. The third-order valence-electron chi connectivity index (χ3n) is 4.22. The molecular formula is C13H25NS. The van der Waals surface area contributed by atoms with Crippen LogP contribution >= 0.6 is 12.6 Å². The van der Waals surface area contributed by atoms with Crippen molar-refractivity contribution >= 4 is 12.6 Å². The third-order valence-corrected chi connectivity index (χ3v) is 4.84. The second kappa shape index (κ2) is 5.58. The van der Waals surface area contributed by atoms with E-state index in [1.165, 1.54) is 51.6 Å². The number of hydrogen-bond donors (Lipinski definition) is 1. The van der Waals surface area contributed by atoms with E-state index >= 15 is 0 Å². The van der Waals surface area contributed by atoms with Crippen LogP contribution in [0.15, 0.2) is 0 Å². The van der Waals surface area contributed by atoms with Crippen molar-refractivity contribution in [2.24, 2.45) is 11.8 Å². The van der Waals surface area contributed by atoms with Crippen LogP contribution in [-0.4, -0.2) is 29.8 Å². The van der Waals surface area contributed by atoms with Gasteiger partial charge in [-0.15, -0.1) is 0 Å². The van der Waals surface area contributed by atoms with Crippen molar-refractivity contribution in [3.63, 3.8) is 0 Å². The molecule has 1 nitrogen and oxygen atoms in total. The van der Waals surface area contributed by atoms with Crippen LogP contribution in [0.5, 0.6) is 0 Å². The Morgan fingerprint density at radius 3 is 2.73 bits per heavy atom. The zero-order valence-electron chi connectivity index (χ0n) is 9.99. The topological polar surface area (TPSA) is 3.24 Å². The van der Waals surface area contributed by atoms with E-state index in [9.17, 15) is 0 Å². The van der Waals surface area contributed by atoms with Crippen LogP contribution in [0.1, 0.15) is 45.4 Å². The molecule has 0 aromatic carbocycles. The fourth-order valence-electron chi connectivity index (χ4n) is 3.41. The van der Waals surface area contributed by atoms with Crippen LogP contribution in [0.4, 0.5) is 0 Å². The normalized spacial score (nSPS) is 34.8. The van der Waals surface area contributed by atoms with Crippen LogP contribution < -0.4 is 0 Å². The highest BCUT2D eigenvalue weighted by Crippen LogP contribution is 2.35. The Morgan fingerprint density at radius 1 is 1.20 bits per heavy atom. The summed E-state index contributed by atoms with van der Waals surface area (Å²) in [6.07, 6.45) is 8.83. The van der Waals surface area contributed by atoms with Crippen molar-refractivity contribution in [1.82, 2.24) is 4.90 Å². The predicted molar refractivity (Wildman–Crippen MR) is 69.6 cm³/mol. The molecule has 0 N–H and O–H groups in total. The van der Waals surface area contributed by atoms with E-state index in [0.717, 1.165) is 23.6 Å². The highest BCUT2D eigenvalue weighted by atomic mass is 32.1. The van der Waals surface area contributed by atoms with Crippen molar-refractivity contribution in [1.29, 1.82) is 0 Å². The van der Waals surface area contributed by atoms with Gasteiger partial charge in [0.15, 0.2) is 0 Å². The maximum absolute atomic E-state index is 4.41. The Hall–Kier alpha value is 0.310. The lowest BCUT2D eigenvalue weighted by molar-refractivity contribution is 0.0524. The number of fused-ring (bicyclic) bond motifs is 1. The molecule has 2 rings (SSSR count). The van der Waals surface area contributed by atoms with E-state index < -0.39 is 0 Å². The molecule has 0 spiro atoms. The summed E-state index contributed by atoms with van der Waals surface area (Å²) in [4.78, 5) is 2.77. The molecule has 88 valence electrons. The first-order valence-electron chi connectivity index (χ1n) is 6.66. The Kier molecular flexibility index (Phi) is 4.39. The SMILES string of the molecule is CC(CS)CN1CCCC2CCCCC21. The van der Waals surface area contributed by atoms with Gasteiger partial charge in [0.25, 0.3) is 0 Å². The number of piperidine rings is 1. The van der Waals surface area contributed by atoms with Crippen molar-refractivity contribution in [3.8, 4) is 0 Å². The van der Waals surface area contributed by atoms with E-state index in [0.29, 0.717) is 0 Å². The van der Waals surface area contributed by atoms with Crippen LogP contribution in [-0.2, 0) is 0 Å². The summed E-state index contributed by atoms with van der Waals surface area (Å²) in [5.74, 6) is 2.82. The van der Waals surface area contributed by atoms with Crippen molar-refractivity contribution in [2.75, 3.05) is 18.8 Å². The minimum Gasteiger partial charge on any atom is -0.300 e. The van der Waals surface area contributed by atoms with Crippen LogP contribution in [0.25, 0.3) is 0 Å². The number of thiol groups is 1. The minimum absolute atomic E-state index is 0.758. The number of hydrogen-bond acceptors (Lipinski definition) is 2. The highest BCUT2D eigenvalue weighted by molar-refractivity contribution is 7.80. The summed E-state index contributed by atoms with van der Waals surface area (Å²) in [7, 11) is 0. The van der Waals surface area contributed by atoms with E-state index in [2.05, 4.69) is 24.5 Å². The van der Waals surface area contributed by atoms with Gasteiger partial charge in [-0.1, -0.05) is 19.8 Å². The van der Waals surface area contributed by atoms with E-state index in [-0.39, 0.29) is 0 Å². The van der Waals surface area contributed by atoms with Gasteiger partial charge in [0, 0.05) is 12.6 Å². The van der Waals surface area contributed by atoms with Gasteiger partial charge in [-0.25, -0.2) is 0 Å². The fourth-order valence-corrected chi connectivity index (χ4v) is 3.53. The van der Waals surface area contributed by atoms with E-state index in [4.69, 9.17) is 0 Å². The second-order valence-corrected chi connectivity index (χ2v) is 5.90. The Balaban J connectivity index is 1.91. The lowest BCUT2D eigenvalue weighted by atomic mass is 9.78. The molecule has 2 fully saturated rings. The van der Waals surface area contributed by atoms with Gasteiger partial charge in [-0.2, -0.15) is 12.6 Å². The molecule has 15 heavy (non-hydrogen) atoms. The van der Waals surface area contributed by atoms with Gasteiger partial charge in [0.1, 0.15) is 0 Å². The molecule has 0 bridgehead atoms. The molecule has 1 aliphatic carbocycles. The average molecular weight is 227 g/mol. The maximum atomic E-state index is 4.41. The molecule has 2 heteroatoms. The lowest BCUT2D eigenvalue weighted by Gasteiger charge is -2.45. The molecule has 1 saturated heterocycles. The number of likely N-dealkylation sites (tertiary alicyclic amines) is 1. The molecule has 0 aromatic rings. The number of rotatable bonds is 3. The van der Waals surface area contributed by atoms with Gasteiger partial charge in [-0.3, -0.25) is 4.90 Å². The first-order valence-corrected chi connectivity index (χ1v) is 7.29. The summed E-state index contributed by atoms with van der Waals surface area (Å²) < 4.78 is 0. The quantitative estimate of drug-likeness (QED) is 0.725. The molecule has 3 unspecified atom stereocenters. The number of nitrogens with zero attached hydrogens (tertiary/aromatic N) is 1. The zero-order valence-corrected chi connectivity index (χ0v) is 10.9. The smallest absolute Gasteiger partial charge is 0.0124 e. The predicted octanol–water partition coefficient (Wildman–Crippen LogP) is 3.21. The van der Waals surface area contributed by atoms with Crippen LogP contribution in [0.3, 0.4) is 0 Å². The molecule has 3 atom stereocenters. The van der Waals surface area contributed by atoms with Gasteiger partial charge < -0.3 is 0 Å². The fraction of sp³-hybridized carbons (Fsp3) is 1.00. The van der Waals surface area contributed by atoms with Gasteiger partial charge in [0.2, 0.25) is 0 Å². The van der Waals surface area contributed by atoms with Gasteiger partial charge >= 0.3 is 0 Å². The van der Waals surface area contributed by atoms with Crippen LogP contribution in [0, 0.1) is 11.8 Å². The minimum atomic E-state index is 0.758.